The molecule has 0 aromatic carbocycles. The number of nitrogens with zero attached hydrogens (tertiary/aromatic N) is 1. The van der Waals surface area contributed by atoms with E-state index in [-0.39, 0.29) is 11.5 Å². The molecule has 0 aromatic heterocycles. The van der Waals surface area contributed by atoms with E-state index in [9.17, 15) is 5.11 Å². The fourth-order valence-corrected chi connectivity index (χ4v) is 2.17. The minimum absolute atomic E-state index is 0.000402. The molecule has 90 valence electrons. The fourth-order valence-electron chi connectivity index (χ4n) is 2.17. The molecule has 2 nitrogen and oxygen atoms in total. The van der Waals surface area contributed by atoms with Crippen molar-refractivity contribution in [2.45, 2.75) is 59.6 Å². The van der Waals surface area contributed by atoms with Crippen molar-refractivity contribution in [1.29, 1.82) is 0 Å². The van der Waals surface area contributed by atoms with Crippen LogP contribution < -0.4 is 0 Å². The van der Waals surface area contributed by atoms with Crippen molar-refractivity contribution in [2.24, 2.45) is 11.3 Å². The molecule has 0 aromatic rings. The number of rotatable bonds is 2. The molecule has 0 saturated carbocycles. The van der Waals surface area contributed by atoms with Crippen molar-refractivity contribution >= 4 is 0 Å². The first-order chi connectivity index (χ1) is 6.82. The Labute approximate surface area is 94.7 Å². The summed E-state index contributed by atoms with van der Waals surface area (Å²) in [6.45, 7) is 12.9. The van der Waals surface area contributed by atoms with Crippen molar-refractivity contribution in [1.82, 2.24) is 4.90 Å². The van der Waals surface area contributed by atoms with Crippen molar-refractivity contribution in [3.8, 4) is 0 Å². The van der Waals surface area contributed by atoms with Gasteiger partial charge in [0.2, 0.25) is 0 Å². The van der Waals surface area contributed by atoms with Crippen LogP contribution in [-0.4, -0.2) is 35.2 Å². The molecule has 0 radical (unpaired) electrons. The van der Waals surface area contributed by atoms with Crippen LogP contribution in [0.2, 0.25) is 0 Å². The van der Waals surface area contributed by atoms with Crippen LogP contribution in [0, 0.1) is 11.3 Å². The van der Waals surface area contributed by atoms with Gasteiger partial charge in [-0.1, -0.05) is 27.7 Å². The highest BCUT2D eigenvalue weighted by molar-refractivity contribution is 4.83. The van der Waals surface area contributed by atoms with Gasteiger partial charge in [0.1, 0.15) is 0 Å². The lowest BCUT2D eigenvalue weighted by Crippen LogP contribution is -2.48. The molecule has 0 spiro atoms. The average Bonchev–Trinajstić information content (AvgIpc) is 2.11. The first-order valence-electron chi connectivity index (χ1n) is 6.24. The zero-order valence-electron chi connectivity index (χ0n) is 11.0. The molecule has 3 unspecified atom stereocenters. The van der Waals surface area contributed by atoms with E-state index in [1.807, 2.05) is 0 Å². The number of hydrogen-bond donors (Lipinski definition) is 1. The smallest absolute Gasteiger partial charge is 0.0715 e. The van der Waals surface area contributed by atoms with E-state index in [1.54, 1.807) is 0 Å². The number of β-amino-alcohol motifs (C(OH)–C–C–N with tert-alkyl or cyclic N) is 1. The monoisotopic (exact) mass is 213 g/mol. The molecule has 0 bridgehead atoms. The van der Waals surface area contributed by atoms with Gasteiger partial charge in [0.25, 0.3) is 0 Å². The van der Waals surface area contributed by atoms with Crippen LogP contribution in [0.5, 0.6) is 0 Å². The second-order valence-corrected chi connectivity index (χ2v) is 6.24. The predicted octanol–water partition coefficient (Wildman–Crippen LogP) is 2.51. The minimum Gasteiger partial charge on any atom is -0.391 e. The van der Waals surface area contributed by atoms with Gasteiger partial charge in [-0.3, -0.25) is 4.90 Å². The van der Waals surface area contributed by atoms with Gasteiger partial charge in [-0.2, -0.15) is 0 Å². The first kappa shape index (κ1) is 13.0. The second kappa shape index (κ2) is 4.84. The van der Waals surface area contributed by atoms with Gasteiger partial charge in [-0.05, 0) is 37.6 Å². The summed E-state index contributed by atoms with van der Waals surface area (Å²) in [6.07, 6.45) is 2.40. The quantitative estimate of drug-likeness (QED) is 0.762. The highest BCUT2D eigenvalue weighted by atomic mass is 16.3. The molecule has 1 fully saturated rings. The highest BCUT2D eigenvalue weighted by Crippen LogP contribution is 2.26. The number of aliphatic hydroxyl groups is 1. The van der Waals surface area contributed by atoms with Crippen LogP contribution in [-0.2, 0) is 0 Å². The Morgan fingerprint density at radius 3 is 2.47 bits per heavy atom. The summed E-state index contributed by atoms with van der Waals surface area (Å²) in [5, 5.41) is 10.1. The van der Waals surface area contributed by atoms with E-state index in [0.29, 0.717) is 6.04 Å². The summed E-state index contributed by atoms with van der Waals surface area (Å²) >= 11 is 0. The number of likely N-dealkylation sites (tertiary alicyclic amines) is 1. The van der Waals surface area contributed by atoms with Crippen molar-refractivity contribution in [3.63, 3.8) is 0 Å². The Balaban J connectivity index is 2.50. The van der Waals surface area contributed by atoms with Crippen LogP contribution in [0.1, 0.15) is 47.5 Å². The lowest BCUT2D eigenvalue weighted by atomic mass is 9.86. The average molecular weight is 213 g/mol. The maximum absolute atomic E-state index is 10.1. The van der Waals surface area contributed by atoms with Crippen LogP contribution in [0.25, 0.3) is 0 Å². The summed E-state index contributed by atoms with van der Waals surface area (Å²) in [5.41, 5.74) is 0.000402. The molecular weight excluding hydrogens is 186 g/mol. The first-order valence-corrected chi connectivity index (χ1v) is 6.24. The molecular formula is C13H27NO. The number of piperidine rings is 1. The molecule has 0 amide bonds. The summed E-state index contributed by atoms with van der Waals surface area (Å²) in [6, 6.07) is 0.621. The molecule has 1 saturated heterocycles. The maximum atomic E-state index is 10.1. The van der Waals surface area contributed by atoms with Crippen LogP contribution in [0.15, 0.2) is 0 Å². The van der Waals surface area contributed by atoms with Gasteiger partial charge in [0.05, 0.1) is 6.10 Å². The molecule has 1 N–H and O–H groups in total. The molecule has 2 heteroatoms. The van der Waals surface area contributed by atoms with Crippen LogP contribution in [0.4, 0.5) is 0 Å². The molecule has 1 rings (SSSR count). The van der Waals surface area contributed by atoms with Crippen molar-refractivity contribution < 1.29 is 5.11 Å². The molecule has 1 heterocycles. The fraction of sp³-hybridized carbons (Fsp3) is 1.00. The molecule has 1 aliphatic heterocycles. The number of hydrogen-bond acceptors (Lipinski definition) is 2. The third-order valence-electron chi connectivity index (χ3n) is 3.91. The molecule has 0 aliphatic carbocycles. The van der Waals surface area contributed by atoms with E-state index in [4.69, 9.17) is 0 Å². The van der Waals surface area contributed by atoms with Gasteiger partial charge >= 0.3 is 0 Å². The largest absolute Gasteiger partial charge is 0.391 e. The summed E-state index contributed by atoms with van der Waals surface area (Å²) in [7, 11) is 0. The van der Waals surface area contributed by atoms with Gasteiger partial charge < -0.3 is 5.11 Å². The third kappa shape index (κ3) is 3.46. The van der Waals surface area contributed by atoms with Gasteiger partial charge in [-0.25, -0.2) is 0 Å². The molecule has 3 atom stereocenters. The van der Waals surface area contributed by atoms with Crippen LogP contribution >= 0.6 is 0 Å². The summed E-state index contributed by atoms with van der Waals surface area (Å²) < 4.78 is 0. The van der Waals surface area contributed by atoms with Gasteiger partial charge in [-0.15, -0.1) is 0 Å². The Hall–Kier alpha value is -0.0800. The van der Waals surface area contributed by atoms with Crippen molar-refractivity contribution in [3.05, 3.63) is 0 Å². The zero-order chi connectivity index (χ0) is 11.6. The third-order valence-corrected chi connectivity index (χ3v) is 3.91. The highest BCUT2D eigenvalue weighted by Gasteiger charge is 2.30. The SMILES string of the molecule is CC1CCCN(CC(O)C(C)(C)C)C1C. The molecule has 15 heavy (non-hydrogen) atoms. The maximum Gasteiger partial charge on any atom is 0.0715 e. The molecule has 1 aliphatic rings. The van der Waals surface area contributed by atoms with E-state index in [2.05, 4.69) is 39.5 Å². The standard InChI is InChI=1S/C13H27NO/c1-10-7-6-8-14(11(10)2)9-12(15)13(3,4)5/h10-12,15H,6-9H2,1-5H3. The normalized spacial score (nSPS) is 31.6. The lowest BCUT2D eigenvalue weighted by molar-refractivity contribution is -0.000748. The van der Waals surface area contributed by atoms with Crippen LogP contribution in [0.3, 0.4) is 0 Å². The van der Waals surface area contributed by atoms with Crippen molar-refractivity contribution in [2.75, 3.05) is 13.1 Å². The van der Waals surface area contributed by atoms with E-state index in [0.717, 1.165) is 19.0 Å². The Morgan fingerprint density at radius 1 is 1.33 bits per heavy atom. The van der Waals surface area contributed by atoms with E-state index < -0.39 is 0 Å². The predicted molar refractivity (Wildman–Crippen MR) is 64.9 cm³/mol. The minimum atomic E-state index is -0.217. The van der Waals surface area contributed by atoms with Gasteiger partial charge in [0.15, 0.2) is 0 Å². The topological polar surface area (TPSA) is 23.5 Å². The Morgan fingerprint density at radius 2 is 1.93 bits per heavy atom. The lowest BCUT2D eigenvalue weighted by Gasteiger charge is -2.41. The Kier molecular flexibility index (Phi) is 4.19. The zero-order valence-corrected chi connectivity index (χ0v) is 11.0. The Bertz CT molecular complexity index is 197. The second-order valence-electron chi connectivity index (χ2n) is 6.24. The summed E-state index contributed by atoms with van der Waals surface area (Å²) in [5.74, 6) is 0.769. The van der Waals surface area contributed by atoms with E-state index >= 15 is 0 Å². The van der Waals surface area contributed by atoms with E-state index in [1.165, 1.54) is 12.8 Å². The van der Waals surface area contributed by atoms with Gasteiger partial charge in [0, 0.05) is 12.6 Å². The number of aliphatic hydroxyl groups excluding tert-OH is 1. The summed E-state index contributed by atoms with van der Waals surface area (Å²) in [4.78, 5) is 2.45.